The van der Waals surface area contributed by atoms with Crippen LogP contribution in [0, 0.1) is 0 Å². The first kappa shape index (κ1) is 16.5. The van der Waals surface area contributed by atoms with Gasteiger partial charge < -0.3 is 9.88 Å². The fourth-order valence-corrected chi connectivity index (χ4v) is 3.99. The molecule has 0 aliphatic rings. The molecule has 0 unspecified atom stereocenters. The maximum atomic E-state index is 12.9. The zero-order valence-electron chi connectivity index (χ0n) is 14.4. The van der Waals surface area contributed by atoms with Crippen molar-refractivity contribution >= 4 is 27.5 Å². The minimum absolute atomic E-state index is 0.0684. The van der Waals surface area contributed by atoms with Crippen LogP contribution in [0.4, 0.5) is 0 Å². The molecule has 26 heavy (non-hydrogen) atoms. The fraction of sp³-hybridized carbons (Fsp3) is 0.143. The van der Waals surface area contributed by atoms with Crippen molar-refractivity contribution in [3.05, 3.63) is 89.2 Å². The third-order valence-electron chi connectivity index (χ3n) is 4.52. The van der Waals surface area contributed by atoms with E-state index in [-0.39, 0.29) is 11.9 Å². The summed E-state index contributed by atoms with van der Waals surface area (Å²) in [4.78, 5) is 17.1. The maximum Gasteiger partial charge on any atom is 0.268 e. The van der Waals surface area contributed by atoms with Crippen LogP contribution in [-0.4, -0.2) is 15.5 Å². The lowest BCUT2D eigenvalue weighted by Gasteiger charge is -2.19. The van der Waals surface area contributed by atoms with E-state index in [1.54, 1.807) is 17.5 Å². The number of nitrogens with one attached hydrogen (secondary N) is 1. The highest BCUT2D eigenvalue weighted by molar-refractivity contribution is 7.17. The van der Waals surface area contributed by atoms with Crippen LogP contribution in [0.1, 0.15) is 34.7 Å². The van der Waals surface area contributed by atoms with Crippen LogP contribution in [0.25, 0.3) is 10.2 Å². The summed E-state index contributed by atoms with van der Waals surface area (Å²) in [5.74, 6) is -0.0816. The Balaban J connectivity index is 1.66. The van der Waals surface area contributed by atoms with Crippen molar-refractivity contribution in [3.8, 4) is 0 Å². The largest absolute Gasteiger partial charge is 0.345 e. The summed E-state index contributed by atoms with van der Waals surface area (Å²) in [6, 6.07) is 20.1. The molecule has 3 heterocycles. The second kappa shape index (κ2) is 7.14. The molecular formula is C21H19N3OS. The van der Waals surface area contributed by atoms with Gasteiger partial charge in [0.25, 0.3) is 5.91 Å². The number of nitrogens with zero attached hydrogens (tertiary/aromatic N) is 2. The van der Waals surface area contributed by atoms with Gasteiger partial charge in [-0.1, -0.05) is 36.4 Å². The number of fused-ring (bicyclic) bond motifs is 1. The number of thiophene rings is 1. The predicted octanol–water partition coefficient (Wildman–Crippen LogP) is 4.64. The summed E-state index contributed by atoms with van der Waals surface area (Å²) in [5, 5.41) is 5.06. The summed E-state index contributed by atoms with van der Waals surface area (Å²) in [7, 11) is 0. The Morgan fingerprint density at radius 2 is 1.96 bits per heavy atom. The van der Waals surface area contributed by atoms with E-state index in [1.807, 2.05) is 42.5 Å². The molecule has 0 bridgehead atoms. The molecule has 0 saturated heterocycles. The number of carbonyl (C=O) groups excluding carboxylic acids is 1. The number of rotatable bonds is 5. The SMILES string of the molecule is C[C@@H](c1ccccc1)n1c(C(=O)NCc2ccccn2)cc2sccc21. The Labute approximate surface area is 156 Å². The number of aromatic nitrogens is 2. The standard InChI is InChI=1S/C21H19N3OS/c1-15(16-7-3-2-4-8-16)24-18-10-12-26-20(18)13-19(24)21(25)23-14-17-9-5-6-11-22-17/h2-13,15H,14H2,1H3,(H,23,25)/t15-/m0/s1. The van der Waals surface area contributed by atoms with Crippen LogP contribution in [0.5, 0.6) is 0 Å². The molecule has 0 fully saturated rings. The Morgan fingerprint density at radius 1 is 1.15 bits per heavy atom. The average Bonchev–Trinajstić information content (AvgIpc) is 3.28. The zero-order chi connectivity index (χ0) is 17.9. The molecular weight excluding hydrogens is 342 g/mol. The highest BCUT2D eigenvalue weighted by Crippen LogP contribution is 2.31. The monoisotopic (exact) mass is 361 g/mol. The van der Waals surface area contributed by atoms with Crippen LogP contribution in [0.2, 0.25) is 0 Å². The summed E-state index contributed by atoms with van der Waals surface area (Å²) in [5.41, 5.74) is 3.79. The molecule has 1 N–H and O–H groups in total. The molecule has 0 spiro atoms. The van der Waals surface area contributed by atoms with Crippen LogP contribution in [0.3, 0.4) is 0 Å². The van der Waals surface area contributed by atoms with Gasteiger partial charge in [0.2, 0.25) is 0 Å². The van der Waals surface area contributed by atoms with E-state index in [0.717, 1.165) is 15.9 Å². The first-order valence-corrected chi connectivity index (χ1v) is 9.43. The third-order valence-corrected chi connectivity index (χ3v) is 5.37. The molecule has 4 aromatic rings. The van der Waals surface area contributed by atoms with E-state index in [0.29, 0.717) is 12.2 Å². The van der Waals surface area contributed by atoms with Gasteiger partial charge >= 0.3 is 0 Å². The molecule has 1 atom stereocenters. The molecule has 4 rings (SSSR count). The Bertz CT molecular complexity index is 1020. The van der Waals surface area contributed by atoms with Crippen molar-refractivity contribution in [3.63, 3.8) is 0 Å². The molecule has 1 aromatic carbocycles. The van der Waals surface area contributed by atoms with Crippen LogP contribution >= 0.6 is 11.3 Å². The molecule has 3 aromatic heterocycles. The molecule has 0 saturated carbocycles. The number of benzene rings is 1. The number of amides is 1. The number of carbonyl (C=O) groups is 1. The van der Waals surface area contributed by atoms with Crippen molar-refractivity contribution < 1.29 is 4.79 Å². The van der Waals surface area contributed by atoms with E-state index in [1.165, 1.54) is 5.56 Å². The van der Waals surface area contributed by atoms with Crippen molar-refractivity contribution in [2.75, 3.05) is 0 Å². The lowest BCUT2D eigenvalue weighted by molar-refractivity contribution is 0.0940. The van der Waals surface area contributed by atoms with E-state index < -0.39 is 0 Å². The van der Waals surface area contributed by atoms with Crippen LogP contribution in [-0.2, 0) is 6.54 Å². The highest BCUT2D eigenvalue weighted by atomic mass is 32.1. The first-order chi connectivity index (χ1) is 12.7. The molecule has 0 aliphatic heterocycles. The molecule has 0 aliphatic carbocycles. The van der Waals surface area contributed by atoms with Gasteiger partial charge in [0.15, 0.2) is 0 Å². The molecule has 0 radical (unpaired) electrons. The summed E-state index contributed by atoms with van der Waals surface area (Å²) in [6.45, 7) is 2.54. The highest BCUT2D eigenvalue weighted by Gasteiger charge is 2.21. The van der Waals surface area contributed by atoms with Gasteiger partial charge in [-0.3, -0.25) is 9.78 Å². The van der Waals surface area contributed by atoms with Gasteiger partial charge in [0.1, 0.15) is 5.69 Å². The average molecular weight is 361 g/mol. The molecule has 130 valence electrons. The van der Waals surface area contributed by atoms with Crippen molar-refractivity contribution in [2.24, 2.45) is 0 Å². The van der Waals surface area contributed by atoms with E-state index >= 15 is 0 Å². The van der Waals surface area contributed by atoms with Gasteiger partial charge in [-0.25, -0.2) is 0 Å². The van der Waals surface area contributed by atoms with Crippen molar-refractivity contribution in [1.29, 1.82) is 0 Å². The maximum absolute atomic E-state index is 12.9. The van der Waals surface area contributed by atoms with Gasteiger partial charge in [0, 0.05) is 6.20 Å². The predicted molar refractivity (Wildman–Crippen MR) is 105 cm³/mol. The Hall–Kier alpha value is -2.92. The lowest BCUT2D eigenvalue weighted by atomic mass is 10.1. The Morgan fingerprint density at radius 3 is 2.73 bits per heavy atom. The van der Waals surface area contributed by atoms with E-state index in [9.17, 15) is 4.79 Å². The van der Waals surface area contributed by atoms with Gasteiger partial charge in [-0.05, 0) is 42.1 Å². The van der Waals surface area contributed by atoms with Crippen LogP contribution in [0.15, 0.2) is 72.2 Å². The summed E-state index contributed by atoms with van der Waals surface area (Å²) in [6.07, 6.45) is 1.73. The smallest absolute Gasteiger partial charge is 0.268 e. The van der Waals surface area contributed by atoms with E-state index in [4.69, 9.17) is 0 Å². The summed E-state index contributed by atoms with van der Waals surface area (Å²) < 4.78 is 3.24. The van der Waals surface area contributed by atoms with Gasteiger partial charge in [-0.15, -0.1) is 11.3 Å². The molecule has 4 nitrogen and oxygen atoms in total. The quantitative estimate of drug-likeness (QED) is 0.563. The van der Waals surface area contributed by atoms with Gasteiger partial charge in [-0.2, -0.15) is 0 Å². The van der Waals surface area contributed by atoms with Gasteiger partial charge in [0.05, 0.1) is 28.5 Å². The second-order valence-corrected chi connectivity index (χ2v) is 7.11. The van der Waals surface area contributed by atoms with Crippen LogP contribution < -0.4 is 5.32 Å². The topological polar surface area (TPSA) is 46.9 Å². The van der Waals surface area contributed by atoms with E-state index in [2.05, 4.69) is 45.4 Å². The lowest BCUT2D eigenvalue weighted by Crippen LogP contribution is -2.26. The van der Waals surface area contributed by atoms with Crippen molar-refractivity contribution in [1.82, 2.24) is 14.9 Å². The summed E-state index contributed by atoms with van der Waals surface area (Å²) >= 11 is 1.65. The van der Waals surface area contributed by atoms with Crippen molar-refractivity contribution in [2.45, 2.75) is 19.5 Å². The normalized spacial score (nSPS) is 12.2. The second-order valence-electron chi connectivity index (χ2n) is 6.16. The minimum Gasteiger partial charge on any atom is -0.345 e. The third kappa shape index (κ3) is 3.13. The minimum atomic E-state index is -0.0816. The zero-order valence-corrected chi connectivity index (χ0v) is 15.2. The number of hydrogen-bond acceptors (Lipinski definition) is 3. The molecule has 5 heteroatoms. The first-order valence-electron chi connectivity index (χ1n) is 8.55. The molecule has 1 amide bonds. The fourth-order valence-electron chi connectivity index (χ4n) is 3.18. The Kier molecular flexibility index (Phi) is 4.54. The number of pyridine rings is 1. The number of hydrogen-bond donors (Lipinski definition) is 1.